The van der Waals surface area contributed by atoms with Gasteiger partial charge in [0.05, 0.1) is 28.7 Å². The van der Waals surface area contributed by atoms with Crippen molar-refractivity contribution in [2.24, 2.45) is 66.6 Å². The summed E-state index contributed by atoms with van der Waals surface area (Å²) >= 11 is 5.95. The molecule has 25 N–H and O–H groups in total. The highest BCUT2D eigenvalue weighted by molar-refractivity contribution is 6.30. The molecule has 28 nitrogen and oxygen atoms in total. The van der Waals surface area contributed by atoms with Gasteiger partial charge >= 0.3 is 17.1 Å². The van der Waals surface area contributed by atoms with Gasteiger partial charge in [-0.15, -0.1) is 0 Å². The minimum Gasteiger partial charge on any atom is -0.395 e. The van der Waals surface area contributed by atoms with Crippen LogP contribution in [0, 0.1) is 29.1 Å². The normalized spacial score (nSPS) is 12.9. The lowest BCUT2D eigenvalue weighted by molar-refractivity contribution is 0.258. The summed E-state index contributed by atoms with van der Waals surface area (Å²) in [4.78, 5) is 71.9. The number of benzene rings is 6. The number of hydrogen-bond donors (Lipinski definition) is 16. The molecule has 0 radical (unpaired) electrons. The molecule has 0 saturated carbocycles. The molecule has 6 aromatic heterocycles. The Morgan fingerprint density at radius 3 is 0.993 bits per heavy atom. The maximum Gasteiger partial charge on any atom is 0.354 e. The summed E-state index contributed by atoms with van der Waals surface area (Å²) in [6.45, 7) is 49.4. The van der Waals surface area contributed by atoms with Gasteiger partial charge in [-0.3, -0.25) is 28.7 Å². The molecular weight excluding hydrogens is 1850 g/mol. The van der Waals surface area contributed by atoms with Gasteiger partial charge in [0.2, 0.25) is 0 Å². The number of hydrogen-bond acceptors (Lipinski definition) is 16. The van der Waals surface area contributed by atoms with Gasteiger partial charge in [0, 0.05) is 124 Å². The number of aliphatic hydroxyl groups is 1. The molecule has 0 aliphatic heterocycles. The van der Waals surface area contributed by atoms with Crippen molar-refractivity contribution in [3.63, 3.8) is 0 Å². The van der Waals surface area contributed by atoms with E-state index in [1.807, 2.05) is 174 Å². The second-order valence-corrected chi connectivity index (χ2v) is 43.8. The first-order valence-corrected chi connectivity index (χ1v) is 50.0. The van der Waals surface area contributed by atoms with Crippen LogP contribution in [-0.2, 0) is 58.3 Å². The van der Waals surface area contributed by atoms with Crippen molar-refractivity contribution in [1.29, 1.82) is 0 Å². The Hall–Kier alpha value is -12.0. The Bertz CT molecular complexity index is 6130. The number of aromatic amines is 3. The molecule has 0 unspecified atom stereocenters. The lowest BCUT2D eigenvalue weighted by Gasteiger charge is -2.21. The number of aliphatic imine (C=N–C) groups is 3. The zero-order valence-corrected chi connectivity index (χ0v) is 89.3. The van der Waals surface area contributed by atoms with Gasteiger partial charge < -0.3 is 87.6 Å². The predicted molar refractivity (Wildman–Crippen MR) is 583 cm³/mol. The highest BCUT2D eigenvalue weighted by Gasteiger charge is 2.28. The van der Waals surface area contributed by atoms with Crippen molar-refractivity contribution in [3.05, 3.63) is 279 Å². The monoisotopic (exact) mass is 2010 g/mol. The van der Waals surface area contributed by atoms with Gasteiger partial charge in [0.25, 0.3) is 0 Å². The molecule has 6 aromatic carbocycles. The fourth-order valence-electron chi connectivity index (χ4n) is 15.4. The highest BCUT2D eigenvalue weighted by atomic mass is 35.5. The van der Waals surface area contributed by atoms with Gasteiger partial charge in [-0.2, -0.15) is 15.0 Å². The molecule has 34 heteroatoms. The quantitative estimate of drug-likeness (QED) is 0.00771. The van der Waals surface area contributed by atoms with E-state index < -0.39 is 23.3 Å². The standard InChI is InChI=1S/2C22H31N7O.C21H29N7O.C15H23ClFNO.2C15H23F2N/c2*1-14(25-10-5-11-26-20(23)24)15-6-8-17(9-7-15)29-13-16-12-18(22(2,3)4)27-19(16)28-21(29)30;1-21(2,3)17-11-15-13-28(20(29)27-18(15)26-17)16-7-5-14(6-8-16)12-24-9-4-10-25-19(22)23;1-15(2,3)12-7-10(8-13(16)14(12)17)5-4-6-11(18)9-19;2*1-10(18)6-5-7-11-8-12(15(2,3)4)14(17)13(16)9-11/h2*6-9,12-14,25H,5,10-11H2,1-4H3,(H4,23,24,26)(H,27,28,30);5-8,11,13,24H,4,9-10,12H2,1-3H3,(H4,22,23,25)(H,26,27,29);7-8,11,19H,4-6,9,18H2,1-3H3;2*8-10H,5-7,18H2,1-4H3/t2*14-;;11-;2*10-/m00.100/s1. The summed E-state index contributed by atoms with van der Waals surface area (Å²) in [6.07, 6.45) is 15.5. The fraction of sp³-hybridized carbons (Fsp3) is 0.482. The van der Waals surface area contributed by atoms with E-state index >= 15 is 0 Å². The molecule has 12 aromatic rings. The molecule has 0 fully saturated rings. The third-order valence-corrected chi connectivity index (χ3v) is 24.3. The van der Waals surface area contributed by atoms with Crippen molar-refractivity contribution in [2.75, 3.05) is 45.9 Å². The van der Waals surface area contributed by atoms with Gasteiger partial charge in [-0.25, -0.2) is 36.3 Å². The molecule has 12 rings (SSSR count). The van der Waals surface area contributed by atoms with Crippen LogP contribution >= 0.6 is 11.6 Å². The van der Waals surface area contributed by atoms with E-state index in [0.29, 0.717) is 53.3 Å². The van der Waals surface area contributed by atoms with Crippen molar-refractivity contribution in [3.8, 4) is 17.1 Å². The average Bonchev–Trinajstić information content (AvgIpc) is 1.66. The van der Waals surface area contributed by atoms with Crippen molar-refractivity contribution >= 4 is 62.6 Å². The van der Waals surface area contributed by atoms with Crippen LogP contribution < -0.4 is 84.6 Å². The lowest BCUT2D eigenvalue weighted by atomic mass is 9.85. The molecule has 786 valence electrons. The first kappa shape index (κ1) is 119. The maximum atomic E-state index is 14.0. The number of H-pyrrole nitrogens is 3. The Balaban J connectivity index is 0.000000238. The van der Waals surface area contributed by atoms with E-state index in [1.165, 1.54) is 12.1 Å². The Labute approximate surface area is 851 Å². The van der Waals surface area contributed by atoms with Crippen LogP contribution in [0.3, 0.4) is 0 Å². The number of fused-ring (bicyclic) bond motifs is 3. The molecule has 6 heterocycles. The molecule has 0 aliphatic carbocycles. The van der Waals surface area contributed by atoms with Crippen LogP contribution in [0.5, 0.6) is 0 Å². The third-order valence-electron chi connectivity index (χ3n) is 24.0. The molecular formula is C110H160ClF5N24O4. The summed E-state index contributed by atoms with van der Waals surface area (Å²) in [5, 5.41) is 22.0. The van der Waals surface area contributed by atoms with Crippen LogP contribution in [0.25, 0.3) is 50.2 Å². The van der Waals surface area contributed by atoms with Crippen LogP contribution in [-0.4, -0.2) is 131 Å². The van der Waals surface area contributed by atoms with Crippen LogP contribution in [0.2, 0.25) is 5.02 Å². The van der Waals surface area contributed by atoms with Gasteiger partial charge in [-0.05, 0) is 263 Å². The Morgan fingerprint density at radius 2 is 0.694 bits per heavy atom. The summed E-state index contributed by atoms with van der Waals surface area (Å²) < 4.78 is 73.3. The Morgan fingerprint density at radius 1 is 0.396 bits per heavy atom. The molecule has 0 saturated heterocycles. The Kier molecular flexibility index (Phi) is 44.4. The second-order valence-electron chi connectivity index (χ2n) is 43.4. The number of rotatable bonds is 34. The molecule has 5 atom stereocenters. The van der Waals surface area contributed by atoms with E-state index in [0.717, 1.165) is 187 Å². The zero-order valence-electron chi connectivity index (χ0n) is 88.5. The van der Waals surface area contributed by atoms with Gasteiger partial charge in [0.1, 0.15) is 22.8 Å². The minimum absolute atomic E-state index is 0.00256. The van der Waals surface area contributed by atoms with Crippen LogP contribution in [0.4, 0.5) is 22.0 Å². The zero-order chi connectivity index (χ0) is 107. The molecule has 0 spiro atoms. The lowest BCUT2D eigenvalue weighted by Crippen LogP contribution is -2.24. The van der Waals surface area contributed by atoms with Crippen LogP contribution in [0.15, 0.2) is 175 Å². The predicted octanol–water partition coefficient (Wildman–Crippen LogP) is 17.7. The van der Waals surface area contributed by atoms with E-state index in [-0.39, 0.29) is 115 Å². The summed E-state index contributed by atoms with van der Waals surface area (Å²) in [6, 6.07) is 40.1. The number of halogens is 6. The van der Waals surface area contributed by atoms with E-state index in [4.69, 9.17) is 68.3 Å². The summed E-state index contributed by atoms with van der Waals surface area (Å²) in [7, 11) is 0. The topological polar surface area (TPSA) is 480 Å². The number of guanidine groups is 3. The largest absolute Gasteiger partial charge is 0.395 e. The number of nitrogens with one attached hydrogen (secondary N) is 6. The number of nitrogens with zero attached hydrogens (tertiary/aromatic N) is 9. The van der Waals surface area contributed by atoms with E-state index in [9.17, 15) is 36.3 Å². The number of aromatic nitrogens is 9. The van der Waals surface area contributed by atoms with E-state index in [1.54, 1.807) is 31.9 Å². The summed E-state index contributed by atoms with van der Waals surface area (Å²) in [5.41, 5.74) is 61.9. The maximum absolute atomic E-state index is 14.0. The third kappa shape index (κ3) is 37.9. The SMILES string of the molecule is CC(C)(C)c1cc(CCC[C@@H](N)CO)cc(Cl)c1F.CC(C)(C)c1cc2cn(-c3ccc(CNCCCN=C(N)N)cc3)c(=O)nc2[nH]1.C[C@H](N)CCCc1cc(F)c(F)c(C(C)(C)C)c1.C[C@H](N)CCCc1cc(F)c(F)c(C(C)(C)C)c1.C[C@H](NCCCN=C(N)N)c1ccc(-n2cc3cc(C(C)(C)C)[nH]c3nc2=O)cc1.C[C@H](NCCCN=C(N)N)c1ccc(-n2cc3cc(C(C)(C)C)[nH]c3nc2=O)cc1. The van der Waals surface area contributed by atoms with Crippen molar-refractivity contribution in [1.82, 2.24) is 59.6 Å². The van der Waals surface area contributed by atoms with Gasteiger partial charge in [0.15, 0.2) is 41.1 Å². The summed E-state index contributed by atoms with van der Waals surface area (Å²) in [5.74, 6) is -2.91. The molecule has 0 bridgehead atoms. The van der Waals surface area contributed by atoms with Crippen molar-refractivity contribution in [2.45, 2.75) is 299 Å². The van der Waals surface area contributed by atoms with Crippen LogP contribution in [0.1, 0.15) is 289 Å². The number of nitrogens with two attached hydrogens (primary N) is 9. The molecule has 0 amide bonds. The molecule has 0 aliphatic rings. The highest BCUT2D eigenvalue weighted by Crippen LogP contribution is 2.35. The first-order chi connectivity index (χ1) is 67.2. The fourth-order valence-corrected chi connectivity index (χ4v) is 15.6. The average molecular weight is 2010 g/mol. The minimum atomic E-state index is -0.752. The van der Waals surface area contributed by atoms with Gasteiger partial charge in [-0.1, -0.05) is 191 Å². The number of aliphatic hydroxyl groups excluding tert-OH is 1. The first-order valence-electron chi connectivity index (χ1n) is 49.6. The smallest absolute Gasteiger partial charge is 0.354 e. The van der Waals surface area contributed by atoms with E-state index in [2.05, 4.69) is 155 Å². The van der Waals surface area contributed by atoms with Crippen molar-refractivity contribution < 1.29 is 27.1 Å². The number of aryl methyl sites for hydroxylation is 3. The second kappa shape index (κ2) is 53.8. The molecule has 144 heavy (non-hydrogen) atoms.